The van der Waals surface area contributed by atoms with Gasteiger partial charge in [-0.25, -0.2) is 4.99 Å². The molecule has 0 aliphatic carbocycles. The van der Waals surface area contributed by atoms with Crippen LogP contribution in [0.1, 0.15) is 12.5 Å². The van der Waals surface area contributed by atoms with Crippen LogP contribution in [0, 0.1) is 0 Å². The number of rotatable bonds is 4. The predicted octanol–water partition coefficient (Wildman–Crippen LogP) is 6.67. The van der Waals surface area contributed by atoms with Gasteiger partial charge in [0.1, 0.15) is 17.1 Å². The third-order valence-corrected chi connectivity index (χ3v) is 5.20. The first kappa shape index (κ1) is 18.5. The number of benzene rings is 3. The van der Waals surface area contributed by atoms with E-state index in [1.807, 2.05) is 60.7 Å². The molecule has 0 radical (unpaired) electrons. The number of aryl methyl sites for hydroxylation is 1. The van der Waals surface area contributed by atoms with Crippen molar-refractivity contribution in [3.05, 3.63) is 88.2 Å². The largest absolute Gasteiger partial charge is 0.497 e. The van der Waals surface area contributed by atoms with E-state index in [0.29, 0.717) is 0 Å². The van der Waals surface area contributed by atoms with Crippen LogP contribution in [0.4, 0.5) is 5.69 Å². The summed E-state index contributed by atoms with van der Waals surface area (Å²) < 4.78 is 12.5. The molecule has 0 unspecified atom stereocenters. The van der Waals surface area contributed by atoms with Crippen molar-refractivity contribution in [2.24, 2.45) is 4.99 Å². The van der Waals surface area contributed by atoms with Crippen LogP contribution in [-0.4, -0.2) is 7.11 Å². The molecule has 0 aliphatic heterocycles. The third-order valence-electron chi connectivity index (χ3n) is 4.67. The van der Waals surface area contributed by atoms with Crippen molar-refractivity contribution in [1.82, 2.24) is 0 Å². The van der Waals surface area contributed by atoms with E-state index in [1.165, 1.54) is 5.56 Å². The van der Waals surface area contributed by atoms with Crippen LogP contribution in [0.3, 0.4) is 0 Å². The van der Waals surface area contributed by atoms with Crippen LogP contribution in [0.25, 0.3) is 22.3 Å². The zero-order chi connectivity index (χ0) is 19.5. The highest BCUT2D eigenvalue weighted by molar-refractivity contribution is 9.10. The molecule has 0 fully saturated rings. The third kappa shape index (κ3) is 3.87. The number of ether oxygens (including phenoxy) is 1. The highest BCUT2D eigenvalue weighted by Crippen LogP contribution is 2.25. The van der Waals surface area contributed by atoms with Gasteiger partial charge in [0.15, 0.2) is 0 Å². The van der Waals surface area contributed by atoms with Gasteiger partial charge in [0.05, 0.1) is 18.2 Å². The average Bonchev–Trinajstić information content (AvgIpc) is 2.75. The minimum Gasteiger partial charge on any atom is -0.497 e. The van der Waals surface area contributed by atoms with Gasteiger partial charge in [-0.15, -0.1) is 0 Å². The molecule has 1 heterocycles. The average molecular weight is 434 g/mol. The fourth-order valence-corrected chi connectivity index (χ4v) is 3.35. The molecule has 1 aromatic heterocycles. The summed E-state index contributed by atoms with van der Waals surface area (Å²) in [6.07, 6.45) is 0.966. The molecule has 140 valence electrons. The van der Waals surface area contributed by atoms with Crippen molar-refractivity contribution >= 4 is 32.6 Å². The van der Waals surface area contributed by atoms with E-state index in [2.05, 4.69) is 35.0 Å². The molecule has 0 N–H and O–H groups in total. The summed E-state index contributed by atoms with van der Waals surface area (Å²) in [6.45, 7) is 2.15. The van der Waals surface area contributed by atoms with Crippen LogP contribution in [0.5, 0.6) is 5.75 Å². The summed E-state index contributed by atoms with van der Waals surface area (Å²) >= 11 is 3.48. The van der Waals surface area contributed by atoms with Crippen molar-refractivity contribution in [3.63, 3.8) is 0 Å². The van der Waals surface area contributed by atoms with Crippen LogP contribution in [-0.2, 0) is 6.42 Å². The molecular weight excluding hydrogens is 414 g/mol. The van der Waals surface area contributed by atoms with Crippen LogP contribution in [0.2, 0.25) is 0 Å². The summed E-state index contributed by atoms with van der Waals surface area (Å²) in [6, 6.07) is 24.1. The number of nitrogens with zero attached hydrogens (tertiary/aromatic N) is 1. The summed E-state index contributed by atoms with van der Waals surface area (Å²) in [5.41, 5.74) is 3.96. The molecule has 4 rings (SSSR count). The molecule has 4 heteroatoms. The molecule has 3 nitrogen and oxygen atoms in total. The highest BCUT2D eigenvalue weighted by Gasteiger charge is 2.07. The van der Waals surface area contributed by atoms with Gasteiger partial charge in [0.2, 0.25) is 0 Å². The molecule has 0 saturated carbocycles. The fraction of sp³-hybridized carbons (Fsp3) is 0.125. The molecule has 0 amide bonds. The second kappa shape index (κ2) is 8.03. The molecule has 3 aromatic carbocycles. The zero-order valence-corrected chi connectivity index (χ0v) is 17.4. The van der Waals surface area contributed by atoms with Crippen LogP contribution >= 0.6 is 15.9 Å². The van der Waals surface area contributed by atoms with Gasteiger partial charge >= 0.3 is 0 Å². The van der Waals surface area contributed by atoms with Gasteiger partial charge < -0.3 is 9.15 Å². The van der Waals surface area contributed by atoms with Gasteiger partial charge in [-0.1, -0.05) is 28.9 Å². The molecule has 0 saturated heterocycles. The van der Waals surface area contributed by atoms with E-state index in [-0.39, 0.29) is 0 Å². The van der Waals surface area contributed by atoms with Crippen LogP contribution < -0.4 is 10.1 Å². The molecule has 0 atom stereocenters. The van der Waals surface area contributed by atoms with Gasteiger partial charge in [-0.3, -0.25) is 0 Å². The lowest BCUT2D eigenvalue weighted by molar-refractivity contribution is 0.415. The number of hydrogen-bond acceptors (Lipinski definition) is 3. The summed E-state index contributed by atoms with van der Waals surface area (Å²) in [5.74, 6) is 1.59. The van der Waals surface area contributed by atoms with Gasteiger partial charge in [-0.2, -0.15) is 0 Å². The second-order valence-electron chi connectivity index (χ2n) is 6.50. The van der Waals surface area contributed by atoms with E-state index in [0.717, 1.165) is 50.0 Å². The Balaban J connectivity index is 1.94. The van der Waals surface area contributed by atoms with Crippen molar-refractivity contribution < 1.29 is 9.15 Å². The first-order valence-corrected chi connectivity index (χ1v) is 9.97. The summed E-state index contributed by atoms with van der Waals surface area (Å²) in [4.78, 5) is 4.90. The SMILES string of the molecule is CCc1ccc2oc(-c3ccc(OC)cc3)cc(=Nc3ccc(Br)cc3)c2c1. The standard InChI is InChI=1S/C24H20BrNO2/c1-3-16-4-13-23-21(14-16)22(26-19-9-7-18(25)8-10-19)15-24(28-23)17-5-11-20(27-2)12-6-17/h4-15H,3H2,1-2H3. The Morgan fingerprint density at radius 3 is 2.36 bits per heavy atom. The van der Waals surface area contributed by atoms with Crippen molar-refractivity contribution in [1.29, 1.82) is 0 Å². The lowest BCUT2D eigenvalue weighted by atomic mass is 10.1. The van der Waals surface area contributed by atoms with Gasteiger partial charge in [-0.05, 0) is 72.6 Å². The van der Waals surface area contributed by atoms with E-state index >= 15 is 0 Å². The van der Waals surface area contributed by atoms with E-state index in [9.17, 15) is 0 Å². The molecule has 0 bridgehead atoms. The number of halogens is 1. The van der Waals surface area contributed by atoms with E-state index in [1.54, 1.807) is 7.11 Å². The number of fused-ring (bicyclic) bond motifs is 1. The topological polar surface area (TPSA) is 34.7 Å². The molecule has 4 aromatic rings. The minimum absolute atomic E-state index is 0.773. The maximum Gasteiger partial charge on any atom is 0.136 e. The smallest absolute Gasteiger partial charge is 0.136 e. The van der Waals surface area contributed by atoms with E-state index in [4.69, 9.17) is 14.1 Å². The summed E-state index contributed by atoms with van der Waals surface area (Å²) in [5, 5.41) is 1.91. The van der Waals surface area contributed by atoms with Crippen molar-refractivity contribution in [2.75, 3.05) is 7.11 Å². The lowest BCUT2D eigenvalue weighted by Crippen LogP contribution is -2.04. The van der Waals surface area contributed by atoms with E-state index < -0.39 is 0 Å². The van der Waals surface area contributed by atoms with Crippen LogP contribution in [0.15, 0.2) is 86.7 Å². The monoisotopic (exact) mass is 433 g/mol. The lowest BCUT2D eigenvalue weighted by Gasteiger charge is -2.07. The first-order chi connectivity index (χ1) is 13.7. The van der Waals surface area contributed by atoms with Crippen molar-refractivity contribution in [2.45, 2.75) is 13.3 Å². The molecule has 28 heavy (non-hydrogen) atoms. The Labute approximate surface area is 172 Å². The Morgan fingerprint density at radius 1 is 0.929 bits per heavy atom. The Kier molecular flexibility index (Phi) is 5.31. The minimum atomic E-state index is 0.773. The van der Waals surface area contributed by atoms with Gasteiger partial charge in [0, 0.05) is 21.5 Å². The fourth-order valence-electron chi connectivity index (χ4n) is 3.08. The molecule has 0 aliphatic rings. The summed E-state index contributed by atoms with van der Waals surface area (Å²) in [7, 11) is 1.66. The second-order valence-corrected chi connectivity index (χ2v) is 7.41. The number of hydrogen-bond donors (Lipinski definition) is 0. The maximum atomic E-state index is 6.21. The van der Waals surface area contributed by atoms with Crippen molar-refractivity contribution in [3.8, 4) is 17.1 Å². The molecule has 0 spiro atoms. The highest BCUT2D eigenvalue weighted by atomic mass is 79.9. The Bertz CT molecular complexity index is 1180. The van der Waals surface area contributed by atoms with Gasteiger partial charge in [0.25, 0.3) is 0 Å². The zero-order valence-electron chi connectivity index (χ0n) is 15.8. The normalized spacial score (nSPS) is 11.8. The maximum absolute atomic E-state index is 6.21. The Morgan fingerprint density at radius 2 is 1.68 bits per heavy atom. The number of methoxy groups -OCH3 is 1. The molecular formula is C24H20BrNO2. The first-order valence-electron chi connectivity index (χ1n) is 9.18. The predicted molar refractivity (Wildman–Crippen MR) is 117 cm³/mol. The quantitative estimate of drug-likeness (QED) is 0.360. The Hall–Kier alpha value is -2.85.